The Labute approximate surface area is 111 Å². The van der Waals surface area contributed by atoms with E-state index in [0.717, 1.165) is 0 Å². The van der Waals surface area contributed by atoms with Crippen molar-refractivity contribution in [3.63, 3.8) is 0 Å². The van der Waals surface area contributed by atoms with Gasteiger partial charge in [0.25, 0.3) is 11.5 Å². The standard InChI is InChI=1S/C14H17N3O2/c1-4-17(5-2)14(19)12-10-8-6-7-9-11(10)13(18)16(3)15-12/h6-9H,4-5H2,1-3H3. The molecule has 100 valence electrons. The number of nitrogens with zero attached hydrogens (tertiary/aromatic N) is 3. The Bertz CT molecular complexity index is 672. The second-order valence-corrected chi connectivity index (χ2v) is 4.30. The van der Waals surface area contributed by atoms with Crippen LogP contribution in [0.4, 0.5) is 0 Å². The van der Waals surface area contributed by atoms with Crippen molar-refractivity contribution < 1.29 is 4.79 Å². The monoisotopic (exact) mass is 259 g/mol. The number of hydrogen-bond acceptors (Lipinski definition) is 3. The van der Waals surface area contributed by atoms with Gasteiger partial charge in [-0.25, -0.2) is 4.68 Å². The lowest BCUT2D eigenvalue weighted by Crippen LogP contribution is -2.33. The number of carbonyl (C=O) groups excluding carboxylic acids is 1. The molecule has 0 aliphatic heterocycles. The molecule has 0 spiro atoms. The Hall–Kier alpha value is -2.17. The molecule has 0 saturated carbocycles. The van der Waals surface area contributed by atoms with E-state index in [4.69, 9.17) is 0 Å². The SMILES string of the molecule is CCN(CC)C(=O)c1nn(C)c(=O)c2ccccc12. The average Bonchev–Trinajstić information content (AvgIpc) is 2.44. The largest absolute Gasteiger partial charge is 0.338 e. The summed E-state index contributed by atoms with van der Waals surface area (Å²) >= 11 is 0. The van der Waals surface area contributed by atoms with Crippen molar-refractivity contribution in [2.75, 3.05) is 13.1 Å². The zero-order chi connectivity index (χ0) is 14.0. The summed E-state index contributed by atoms with van der Waals surface area (Å²) in [6.07, 6.45) is 0. The zero-order valence-electron chi connectivity index (χ0n) is 11.4. The van der Waals surface area contributed by atoms with Crippen LogP contribution in [-0.4, -0.2) is 33.7 Å². The van der Waals surface area contributed by atoms with Gasteiger partial charge in [-0.2, -0.15) is 5.10 Å². The van der Waals surface area contributed by atoms with E-state index < -0.39 is 0 Å². The third-order valence-corrected chi connectivity index (χ3v) is 3.21. The van der Waals surface area contributed by atoms with Crippen LogP contribution in [0, 0.1) is 0 Å². The summed E-state index contributed by atoms with van der Waals surface area (Å²) < 4.78 is 1.22. The molecule has 1 aromatic carbocycles. The van der Waals surface area contributed by atoms with Crippen molar-refractivity contribution in [1.82, 2.24) is 14.7 Å². The van der Waals surface area contributed by atoms with Crippen LogP contribution in [0.3, 0.4) is 0 Å². The summed E-state index contributed by atoms with van der Waals surface area (Å²) in [5, 5.41) is 5.27. The Morgan fingerprint density at radius 3 is 2.37 bits per heavy atom. The Morgan fingerprint density at radius 2 is 1.79 bits per heavy atom. The minimum Gasteiger partial charge on any atom is -0.338 e. The van der Waals surface area contributed by atoms with Crippen LogP contribution < -0.4 is 5.56 Å². The number of amides is 1. The summed E-state index contributed by atoms with van der Waals surface area (Å²) in [4.78, 5) is 26.1. The molecular weight excluding hydrogens is 242 g/mol. The molecule has 2 rings (SSSR count). The number of fused-ring (bicyclic) bond motifs is 1. The van der Waals surface area contributed by atoms with E-state index in [1.807, 2.05) is 19.9 Å². The normalized spacial score (nSPS) is 10.7. The lowest BCUT2D eigenvalue weighted by atomic mass is 10.1. The van der Waals surface area contributed by atoms with Gasteiger partial charge in [0.05, 0.1) is 5.39 Å². The van der Waals surface area contributed by atoms with Gasteiger partial charge in [0.1, 0.15) is 0 Å². The Kier molecular flexibility index (Phi) is 3.64. The van der Waals surface area contributed by atoms with Crippen LogP contribution in [0.25, 0.3) is 10.8 Å². The first-order valence-electron chi connectivity index (χ1n) is 6.35. The summed E-state index contributed by atoms with van der Waals surface area (Å²) in [7, 11) is 1.56. The van der Waals surface area contributed by atoms with Crippen molar-refractivity contribution in [1.29, 1.82) is 0 Å². The van der Waals surface area contributed by atoms with Crippen LogP contribution in [-0.2, 0) is 7.05 Å². The van der Waals surface area contributed by atoms with Crippen LogP contribution in [0.15, 0.2) is 29.1 Å². The fraction of sp³-hybridized carbons (Fsp3) is 0.357. The minimum absolute atomic E-state index is 0.142. The van der Waals surface area contributed by atoms with Gasteiger partial charge in [-0.05, 0) is 19.9 Å². The van der Waals surface area contributed by atoms with Crippen LogP contribution >= 0.6 is 0 Å². The minimum atomic E-state index is -0.188. The highest BCUT2D eigenvalue weighted by molar-refractivity contribution is 6.04. The lowest BCUT2D eigenvalue weighted by Gasteiger charge is -2.19. The van der Waals surface area contributed by atoms with Crippen molar-refractivity contribution in [3.8, 4) is 0 Å². The smallest absolute Gasteiger partial charge is 0.274 e. The molecule has 0 saturated heterocycles. The summed E-state index contributed by atoms with van der Waals surface area (Å²) in [6, 6.07) is 7.08. The van der Waals surface area contributed by atoms with Crippen LogP contribution in [0.2, 0.25) is 0 Å². The topological polar surface area (TPSA) is 55.2 Å². The van der Waals surface area contributed by atoms with Crippen LogP contribution in [0.1, 0.15) is 24.3 Å². The highest BCUT2D eigenvalue weighted by Gasteiger charge is 2.19. The maximum atomic E-state index is 12.4. The molecule has 0 N–H and O–H groups in total. The molecule has 0 aliphatic carbocycles. The third-order valence-electron chi connectivity index (χ3n) is 3.21. The fourth-order valence-corrected chi connectivity index (χ4v) is 2.12. The van der Waals surface area contributed by atoms with E-state index in [1.165, 1.54) is 4.68 Å². The van der Waals surface area contributed by atoms with E-state index in [-0.39, 0.29) is 11.5 Å². The maximum absolute atomic E-state index is 12.4. The predicted molar refractivity (Wildman–Crippen MR) is 74.2 cm³/mol. The first-order valence-corrected chi connectivity index (χ1v) is 6.35. The first-order chi connectivity index (χ1) is 9.10. The van der Waals surface area contributed by atoms with Gasteiger partial charge in [-0.3, -0.25) is 9.59 Å². The molecule has 19 heavy (non-hydrogen) atoms. The van der Waals surface area contributed by atoms with Gasteiger partial charge in [-0.1, -0.05) is 18.2 Å². The van der Waals surface area contributed by atoms with E-state index >= 15 is 0 Å². The number of aryl methyl sites for hydroxylation is 1. The molecule has 0 radical (unpaired) electrons. The number of aromatic nitrogens is 2. The highest BCUT2D eigenvalue weighted by atomic mass is 16.2. The number of benzene rings is 1. The zero-order valence-corrected chi connectivity index (χ0v) is 11.4. The second-order valence-electron chi connectivity index (χ2n) is 4.30. The van der Waals surface area contributed by atoms with Crippen LogP contribution in [0.5, 0.6) is 0 Å². The van der Waals surface area contributed by atoms with Gasteiger partial charge in [0.15, 0.2) is 5.69 Å². The molecule has 2 aromatic rings. The van der Waals surface area contributed by atoms with Gasteiger partial charge in [0, 0.05) is 25.5 Å². The fourth-order valence-electron chi connectivity index (χ4n) is 2.12. The molecule has 1 aromatic heterocycles. The van der Waals surface area contributed by atoms with E-state index in [9.17, 15) is 9.59 Å². The molecule has 1 amide bonds. The van der Waals surface area contributed by atoms with Crippen molar-refractivity contribution in [3.05, 3.63) is 40.3 Å². The van der Waals surface area contributed by atoms with E-state index in [1.54, 1.807) is 30.1 Å². The molecule has 5 nitrogen and oxygen atoms in total. The second kappa shape index (κ2) is 5.22. The van der Waals surface area contributed by atoms with Crippen molar-refractivity contribution >= 4 is 16.7 Å². The van der Waals surface area contributed by atoms with Gasteiger partial charge in [-0.15, -0.1) is 0 Å². The average molecular weight is 259 g/mol. The first kappa shape index (κ1) is 13.3. The molecule has 1 heterocycles. The van der Waals surface area contributed by atoms with Gasteiger partial charge < -0.3 is 4.90 Å². The molecule has 5 heteroatoms. The molecule has 0 fully saturated rings. The van der Waals surface area contributed by atoms with Gasteiger partial charge >= 0.3 is 0 Å². The number of rotatable bonds is 3. The van der Waals surface area contributed by atoms with E-state index in [0.29, 0.717) is 29.6 Å². The predicted octanol–water partition coefficient (Wildman–Crippen LogP) is 1.42. The van der Waals surface area contributed by atoms with Crippen molar-refractivity contribution in [2.45, 2.75) is 13.8 Å². The number of carbonyl (C=O) groups is 1. The molecule has 0 aliphatic rings. The summed E-state index contributed by atoms with van der Waals surface area (Å²) in [6.45, 7) is 5.08. The molecular formula is C14H17N3O2. The third kappa shape index (κ3) is 2.23. The van der Waals surface area contributed by atoms with E-state index in [2.05, 4.69) is 5.10 Å². The summed E-state index contributed by atoms with van der Waals surface area (Å²) in [5.41, 5.74) is 0.146. The summed E-state index contributed by atoms with van der Waals surface area (Å²) in [5.74, 6) is -0.142. The van der Waals surface area contributed by atoms with Gasteiger partial charge in [0.2, 0.25) is 0 Å². The Morgan fingerprint density at radius 1 is 1.21 bits per heavy atom. The molecule has 0 bridgehead atoms. The molecule has 0 unspecified atom stereocenters. The maximum Gasteiger partial charge on any atom is 0.274 e. The Balaban J connectivity index is 2.71. The quantitative estimate of drug-likeness (QED) is 0.837. The lowest BCUT2D eigenvalue weighted by molar-refractivity contribution is 0.0767. The molecule has 0 atom stereocenters. The highest BCUT2D eigenvalue weighted by Crippen LogP contribution is 2.14. The number of hydrogen-bond donors (Lipinski definition) is 0. The van der Waals surface area contributed by atoms with Crippen molar-refractivity contribution in [2.24, 2.45) is 7.05 Å².